The molecule has 0 saturated carbocycles. The first-order chi connectivity index (χ1) is 9.96. The lowest BCUT2D eigenvalue weighted by molar-refractivity contribution is -0.150. The van der Waals surface area contributed by atoms with Crippen LogP contribution in [0.2, 0.25) is 0 Å². The van der Waals surface area contributed by atoms with Crippen LogP contribution in [0.15, 0.2) is 0 Å². The van der Waals surface area contributed by atoms with Gasteiger partial charge in [-0.15, -0.1) is 0 Å². The average molecular weight is 298 g/mol. The fourth-order valence-corrected chi connectivity index (χ4v) is 2.98. The molecule has 0 aliphatic carbocycles. The number of aliphatic carboxylic acids is 1. The van der Waals surface area contributed by atoms with Gasteiger partial charge >= 0.3 is 12.0 Å². The van der Waals surface area contributed by atoms with E-state index in [2.05, 4.69) is 0 Å². The molecule has 2 saturated heterocycles. The van der Waals surface area contributed by atoms with Crippen molar-refractivity contribution in [2.75, 3.05) is 32.8 Å². The topological polar surface area (TPSA) is 70.1 Å². The summed E-state index contributed by atoms with van der Waals surface area (Å²) >= 11 is 0. The van der Waals surface area contributed by atoms with Crippen LogP contribution in [0.3, 0.4) is 0 Å². The molecule has 21 heavy (non-hydrogen) atoms. The molecule has 2 heterocycles. The Morgan fingerprint density at radius 1 is 1.38 bits per heavy atom. The van der Waals surface area contributed by atoms with Crippen molar-refractivity contribution >= 4 is 12.0 Å². The number of ether oxygens (including phenoxy) is 1. The van der Waals surface area contributed by atoms with Gasteiger partial charge in [0.05, 0.1) is 11.5 Å². The Morgan fingerprint density at radius 3 is 2.52 bits per heavy atom. The first-order valence-electron chi connectivity index (χ1n) is 7.85. The smallest absolute Gasteiger partial charge is 0.320 e. The lowest BCUT2D eigenvalue weighted by Gasteiger charge is -2.39. The van der Waals surface area contributed by atoms with E-state index in [1.165, 1.54) is 0 Å². The minimum absolute atomic E-state index is 0.0143. The van der Waals surface area contributed by atoms with Gasteiger partial charge in [-0.05, 0) is 39.5 Å². The maximum Gasteiger partial charge on any atom is 0.320 e. The third-order valence-electron chi connectivity index (χ3n) is 4.75. The minimum atomic E-state index is -0.763. The molecule has 120 valence electrons. The fourth-order valence-electron chi connectivity index (χ4n) is 2.98. The normalized spacial score (nSPS) is 24.9. The van der Waals surface area contributed by atoms with E-state index in [0.717, 1.165) is 19.4 Å². The fraction of sp³-hybridized carbons (Fsp3) is 0.867. The Hall–Kier alpha value is -1.30. The number of likely N-dealkylation sites (tertiary alicyclic amines) is 1. The Balaban J connectivity index is 1.88. The van der Waals surface area contributed by atoms with E-state index in [9.17, 15) is 14.7 Å². The molecule has 6 heteroatoms. The Kier molecular flexibility index (Phi) is 5.08. The quantitative estimate of drug-likeness (QED) is 0.859. The molecule has 2 fully saturated rings. The van der Waals surface area contributed by atoms with Gasteiger partial charge in [-0.25, -0.2) is 4.79 Å². The number of amides is 2. The average Bonchev–Trinajstić information content (AvgIpc) is 2.97. The second kappa shape index (κ2) is 6.64. The molecular weight excluding hydrogens is 272 g/mol. The Labute approximate surface area is 126 Å². The van der Waals surface area contributed by atoms with E-state index in [1.807, 2.05) is 11.8 Å². The molecule has 2 rings (SSSR count). The molecule has 0 bridgehead atoms. The molecule has 0 aromatic rings. The van der Waals surface area contributed by atoms with E-state index < -0.39 is 11.4 Å². The van der Waals surface area contributed by atoms with E-state index in [4.69, 9.17) is 4.74 Å². The highest BCUT2D eigenvalue weighted by Crippen LogP contribution is 2.31. The van der Waals surface area contributed by atoms with E-state index in [0.29, 0.717) is 39.0 Å². The number of hydrogen-bond donors (Lipinski definition) is 1. The molecule has 0 aromatic heterocycles. The van der Waals surface area contributed by atoms with Crippen molar-refractivity contribution in [2.24, 2.45) is 5.41 Å². The number of carboxylic acids is 1. The molecule has 1 atom stereocenters. The van der Waals surface area contributed by atoms with Crippen LogP contribution in [-0.4, -0.2) is 65.8 Å². The van der Waals surface area contributed by atoms with E-state index in [-0.39, 0.29) is 12.1 Å². The molecule has 2 amide bonds. The van der Waals surface area contributed by atoms with Gasteiger partial charge in [-0.3, -0.25) is 4.79 Å². The SMILES string of the molecule is CCN(CC1CCCO1)C(=O)N1CCC(C)(C(=O)O)CC1. The van der Waals surface area contributed by atoms with E-state index in [1.54, 1.807) is 11.8 Å². The summed E-state index contributed by atoms with van der Waals surface area (Å²) in [5.74, 6) is -0.763. The lowest BCUT2D eigenvalue weighted by atomic mass is 9.80. The van der Waals surface area contributed by atoms with Crippen molar-refractivity contribution in [2.45, 2.75) is 45.6 Å². The van der Waals surface area contributed by atoms with Crippen LogP contribution >= 0.6 is 0 Å². The second-order valence-corrected chi connectivity index (χ2v) is 6.31. The summed E-state index contributed by atoms with van der Waals surface area (Å²) in [5, 5.41) is 9.24. The number of likely N-dealkylation sites (N-methyl/N-ethyl adjacent to an activating group) is 1. The zero-order valence-electron chi connectivity index (χ0n) is 13.0. The monoisotopic (exact) mass is 298 g/mol. The second-order valence-electron chi connectivity index (χ2n) is 6.31. The Morgan fingerprint density at radius 2 is 2.05 bits per heavy atom. The summed E-state index contributed by atoms with van der Waals surface area (Å²) < 4.78 is 5.60. The summed E-state index contributed by atoms with van der Waals surface area (Å²) in [4.78, 5) is 27.4. The van der Waals surface area contributed by atoms with Crippen molar-refractivity contribution in [1.29, 1.82) is 0 Å². The van der Waals surface area contributed by atoms with Crippen molar-refractivity contribution < 1.29 is 19.4 Å². The summed E-state index contributed by atoms with van der Waals surface area (Å²) in [5.41, 5.74) is -0.692. The van der Waals surface area contributed by atoms with Gasteiger partial charge in [0.15, 0.2) is 0 Å². The number of hydrogen-bond acceptors (Lipinski definition) is 3. The summed E-state index contributed by atoms with van der Waals surface area (Å²) in [7, 11) is 0. The largest absolute Gasteiger partial charge is 0.481 e. The van der Waals surface area contributed by atoms with Crippen molar-refractivity contribution in [1.82, 2.24) is 9.80 Å². The molecule has 2 aliphatic rings. The maximum atomic E-state index is 12.5. The lowest BCUT2D eigenvalue weighted by Crippen LogP contribution is -2.51. The predicted octanol–water partition coefficient (Wildman–Crippen LogP) is 1.79. The van der Waals surface area contributed by atoms with Gasteiger partial charge in [0, 0.05) is 32.8 Å². The van der Waals surface area contributed by atoms with Crippen LogP contribution in [0.25, 0.3) is 0 Å². The molecule has 6 nitrogen and oxygen atoms in total. The minimum Gasteiger partial charge on any atom is -0.481 e. The summed E-state index contributed by atoms with van der Waals surface area (Å²) in [6, 6.07) is 0.0143. The zero-order chi connectivity index (χ0) is 15.5. The molecule has 1 N–H and O–H groups in total. The molecule has 0 spiro atoms. The highest BCUT2D eigenvalue weighted by molar-refractivity contribution is 5.77. The Bertz CT molecular complexity index is 385. The third kappa shape index (κ3) is 3.67. The predicted molar refractivity (Wildman–Crippen MR) is 78.2 cm³/mol. The number of carbonyl (C=O) groups is 2. The first-order valence-corrected chi connectivity index (χ1v) is 7.85. The number of carbonyl (C=O) groups excluding carboxylic acids is 1. The van der Waals surface area contributed by atoms with Crippen LogP contribution in [0.1, 0.15) is 39.5 Å². The van der Waals surface area contributed by atoms with Gasteiger partial charge in [0.2, 0.25) is 0 Å². The van der Waals surface area contributed by atoms with Crippen LogP contribution in [-0.2, 0) is 9.53 Å². The van der Waals surface area contributed by atoms with E-state index >= 15 is 0 Å². The van der Waals surface area contributed by atoms with Gasteiger partial charge in [-0.1, -0.05) is 0 Å². The highest BCUT2D eigenvalue weighted by atomic mass is 16.5. The van der Waals surface area contributed by atoms with Crippen molar-refractivity contribution in [3.05, 3.63) is 0 Å². The summed E-state index contributed by atoms with van der Waals surface area (Å²) in [6.45, 7) is 6.86. The number of carboxylic acid groups (broad SMARTS) is 1. The van der Waals surface area contributed by atoms with Crippen LogP contribution < -0.4 is 0 Å². The number of piperidine rings is 1. The molecule has 1 unspecified atom stereocenters. The van der Waals surface area contributed by atoms with Gasteiger partial charge in [0.1, 0.15) is 0 Å². The zero-order valence-corrected chi connectivity index (χ0v) is 13.0. The highest BCUT2D eigenvalue weighted by Gasteiger charge is 2.39. The number of urea groups is 1. The summed E-state index contributed by atoms with van der Waals surface area (Å²) in [6.07, 6.45) is 3.28. The van der Waals surface area contributed by atoms with Crippen LogP contribution in [0.4, 0.5) is 4.79 Å². The van der Waals surface area contributed by atoms with Crippen molar-refractivity contribution in [3.8, 4) is 0 Å². The molecule has 0 radical (unpaired) electrons. The van der Waals surface area contributed by atoms with Crippen molar-refractivity contribution in [3.63, 3.8) is 0 Å². The molecular formula is C15H26N2O4. The number of rotatable bonds is 4. The number of nitrogens with zero attached hydrogens (tertiary/aromatic N) is 2. The standard InChI is InChI=1S/C15H26N2O4/c1-3-16(11-12-5-4-10-21-12)14(20)17-8-6-15(2,7-9-17)13(18)19/h12H,3-11H2,1-2H3,(H,18,19). The van der Waals surface area contributed by atoms with Crippen LogP contribution in [0.5, 0.6) is 0 Å². The molecule has 2 aliphatic heterocycles. The maximum absolute atomic E-state index is 12.5. The third-order valence-corrected chi connectivity index (χ3v) is 4.75. The first kappa shape index (κ1) is 16.1. The molecule has 0 aromatic carbocycles. The van der Waals surface area contributed by atoms with Crippen LogP contribution in [0, 0.1) is 5.41 Å². The van der Waals surface area contributed by atoms with Gasteiger partial charge in [-0.2, -0.15) is 0 Å². The van der Waals surface area contributed by atoms with Gasteiger partial charge in [0.25, 0.3) is 0 Å². The van der Waals surface area contributed by atoms with Gasteiger partial charge < -0.3 is 19.6 Å².